The van der Waals surface area contributed by atoms with Crippen LogP contribution in [0.25, 0.3) is 10.9 Å². The number of carboxylic acid groups (broad SMARTS) is 1. The van der Waals surface area contributed by atoms with Gasteiger partial charge in [-0.15, -0.1) is 0 Å². The fraction of sp³-hybridized carbons (Fsp3) is 0.333. The second-order valence-corrected chi connectivity index (χ2v) is 5.54. The summed E-state index contributed by atoms with van der Waals surface area (Å²) in [4.78, 5) is 34.1. The number of aliphatic hydroxyl groups is 1. The Balaban J connectivity index is 1.81. The lowest BCUT2D eigenvalue weighted by Crippen LogP contribution is -2.59. The zero-order chi connectivity index (χ0) is 17.3. The van der Waals surface area contributed by atoms with Crippen LogP contribution in [-0.4, -0.2) is 67.7 Å². The van der Waals surface area contributed by atoms with Crippen LogP contribution in [0, 0.1) is 0 Å². The van der Waals surface area contributed by atoms with Crippen LogP contribution in [0.5, 0.6) is 0 Å². The number of nitrogens with two attached hydrogens (primary N) is 1. The summed E-state index contributed by atoms with van der Waals surface area (Å²) < 4.78 is 0. The number of aromatic nitrogens is 2. The van der Waals surface area contributed by atoms with Crippen LogP contribution < -0.4 is 5.73 Å². The molecule has 0 saturated carbocycles. The second kappa shape index (κ2) is 6.28. The maximum atomic E-state index is 12.4. The van der Waals surface area contributed by atoms with Gasteiger partial charge in [0.1, 0.15) is 18.2 Å². The van der Waals surface area contributed by atoms with Crippen LogP contribution in [0.2, 0.25) is 0 Å². The molecule has 9 heteroatoms. The number of fused-ring (bicyclic) bond motifs is 1. The molecule has 1 atom stereocenters. The van der Waals surface area contributed by atoms with Crippen LogP contribution in [-0.2, 0) is 11.3 Å². The number of benzene rings is 1. The number of aliphatic hydroxyl groups excluding tert-OH is 1. The second-order valence-electron chi connectivity index (χ2n) is 5.54. The zero-order valence-electron chi connectivity index (χ0n) is 12.8. The van der Waals surface area contributed by atoms with E-state index in [2.05, 4.69) is 9.97 Å². The maximum absolute atomic E-state index is 12.4. The molecule has 0 radical (unpaired) electrons. The smallest absolute Gasteiger partial charge is 0.408 e. The Labute approximate surface area is 137 Å². The number of hydrogen-bond acceptors (Lipinski definition) is 6. The Morgan fingerprint density at radius 3 is 2.83 bits per heavy atom. The van der Waals surface area contributed by atoms with Crippen LogP contribution in [0.1, 0.15) is 5.56 Å². The predicted octanol–water partition coefficient (Wildman–Crippen LogP) is -0.105. The molecule has 1 aromatic carbocycles. The Kier molecular flexibility index (Phi) is 4.17. The van der Waals surface area contributed by atoms with Crippen molar-refractivity contribution in [1.29, 1.82) is 0 Å². The van der Waals surface area contributed by atoms with Gasteiger partial charge in [-0.25, -0.2) is 14.8 Å². The molecular weight excluding hydrogens is 314 g/mol. The number of nitrogens with zero attached hydrogens (tertiary/aromatic N) is 4. The minimum Gasteiger partial charge on any atom is -0.465 e. The van der Waals surface area contributed by atoms with Gasteiger partial charge >= 0.3 is 6.09 Å². The van der Waals surface area contributed by atoms with E-state index in [0.717, 1.165) is 15.8 Å². The van der Waals surface area contributed by atoms with Crippen molar-refractivity contribution in [3.8, 4) is 0 Å². The molecule has 0 aliphatic carbocycles. The van der Waals surface area contributed by atoms with Gasteiger partial charge in [0.15, 0.2) is 0 Å². The molecule has 2 amide bonds. The Hall–Kier alpha value is -2.94. The SMILES string of the molecule is Nc1ncnc2cc(CN3CCN(C(=O)O)[C@@H](CO)C3=O)ccc12. The van der Waals surface area contributed by atoms with Gasteiger partial charge in [0.05, 0.1) is 12.1 Å². The van der Waals surface area contributed by atoms with Crippen LogP contribution in [0.4, 0.5) is 10.6 Å². The average molecular weight is 331 g/mol. The van der Waals surface area contributed by atoms with Gasteiger partial charge in [-0.1, -0.05) is 6.07 Å². The monoisotopic (exact) mass is 331 g/mol. The molecule has 2 aromatic rings. The van der Waals surface area contributed by atoms with Crippen molar-refractivity contribution in [2.75, 3.05) is 25.4 Å². The highest BCUT2D eigenvalue weighted by Crippen LogP contribution is 2.20. The predicted molar refractivity (Wildman–Crippen MR) is 85.0 cm³/mol. The number of hydrogen-bond donors (Lipinski definition) is 3. The highest BCUT2D eigenvalue weighted by Gasteiger charge is 2.36. The Morgan fingerprint density at radius 1 is 1.33 bits per heavy atom. The van der Waals surface area contributed by atoms with Crippen LogP contribution in [0.15, 0.2) is 24.5 Å². The fourth-order valence-corrected chi connectivity index (χ4v) is 2.84. The molecular formula is C15H17N5O4. The number of carbonyl (C=O) groups excluding carboxylic acids is 1. The van der Waals surface area contributed by atoms with Crippen LogP contribution >= 0.6 is 0 Å². The summed E-state index contributed by atoms with van der Waals surface area (Å²) >= 11 is 0. The van der Waals surface area contributed by atoms with Crippen LogP contribution in [0.3, 0.4) is 0 Å². The van der Waals surface area contributed by atoms with Gasteiger partial charge in [0.25, 0.3) is 0 Å². The number of rotatable bonds is 3. The molecule has 2 heterocycles. The normalized spacial score (nSPS) is 18.2. The summed E-state index contributed by atoms with van der Waals surface area (Å²) in [6.07, 6.45) is 0.167. The molecule has 3 rings (SSSR count). The summed E-state index contributed by atoms with van der Waals surface area (Å²) in [6.45, 7) is 0.201. The Bertz CT molecular complexity index is 797. The molecule has 1 saturated heterocycles. The lowest BCUT2D eigenvalue weighted by Gasteiger charge is -2.38. The third-order valence-corrected chi connectivity index (χ3v) is 4.11. The van der Waals surface area contributed by atoms with E-state index >= 15 is 0 Å². The molecule has 0 spiro atoms. The van der Waals surface area contributed by atoms with Crippen molar-refractivity contribution >= 4 is 28.7 Å². The summed E-state index contributed by atoms with van der Waals surface area (Å²) in [7, 11) is 0. The number of anilines is 1. The zero-order valence-corrected chi connectivity index (χ0v) is 12.8. The van der Waals surface area contributed by atoms with Gasteiger partial charge in [-0.2, -0.15) is 0 Å². The van der Waals surface area contributed by atoms with E-state index in [-0.39, 0.29) is 13.1 Å². The van der Waals surface area contributed by atoms with Crippen molar-refractivity contribution in [1.82, 2.24) is 19.8 Å². The molecule has 24 heavy (non-hydrogen) atoms. The quantitative estimate of drug-likeness (QED) is 0.715. The number of amides is 2. The van der Waals surface area contributed by atoms with Gasteiger partial charge in [0.2, 0.25) is 5.91 Å². The third kappa shape index (κ3) is 2.81. The summed E-state index contributed by atoms with van der Waals surface area (Å²) in [6, 6.07) is 4.38. The van der Waals surface area contributed by atoms with E-state index in [4.69, 9.17) is 10.8 Å². The van der Waals surface area contributed by atoms with Gasteiger partial charge in [-0.3, -0.25) is 9.69 Å². The molecule has 9 nitrogen and oxygen atoms in total. The minimum atomic E-state index is -1.21. The van der Waals surface area contributed by atoms with Gasteiger partial charge in [0, 0.05) is 25.0 Å². The van der Waals surface area contributed by atoms with E-state index in [1.807, 2.05) is 12.1 Å². The van der Waals surface area contributed by atoms with Gasteiger partial charge < -0.3 is 20.8 Å². The molecule has 126 valence electrons. The highest BCUT2D eigenvalue weighted by atomic mass is 16.4. The first-order valence-electron chi connectivity index (χ1n) is 7.39. The number of carbonyl (C=O) groups is 2. The Morgan fingerprint density at radius 2 is 2.12 bits per heavy atom. The first-order valence-corrected chi connectivity index (χ1v) is 7.39. The lowest BCUT2D eigenvalue weighted by atomic mass is 10.1. The highest BCUT2D eigenvalue weighted by molar-refractivity contribution is 5.89. The molecule has 1 aromatic heterocycles. The molecule has 1 fully saturated rings. The van der Waals surface area contributed by atoms with Gasteiger partial charge in [-0.05, 0) is 17.7 Å². The minimum absolute atomic E-state index is 0.162. The average Bonchev–Trinajstić information content (AvgIpc) is 2.56. The molecule has 1 aliphatic heterocycles. The topological polar surface area (TPSA) is 133 Å². The largest absolute Gasteiger partial charge is 0.465 e. The first-order chi connectivity index (χ1) is 11.5. The van der Waals surface area contributed by atoms with E-state index in [1.165, 1.54) is 11.2 Å². The summed E-state index contributed by atoms with van der Waals surface area (Å²) in [5.41, 5.74) is 7.31. The molecule has 0 unspecified atom stereocenters. The third-order valence-electron chi connectivity index (χ3n) is 4.11. The standard InChI is InChI=1S/C15H17N5O4/c16-13-10-2-1-9(5-11(10)17-8-18-13)6-19-3-4-20(15(23)24)12(7-21)14(19)22/h1-2,5,8,12,21H,3-4,6-7H2,(H,23,24)(H2,16,17,18)/t12-/m0/s1. The van der Waals surface area contributed by atoms with Crippen molar-refractivity contribution in [2.24, 2.45) is 0 Å². The summed E-state index contributed by atoms with van der Waals surface area (Å²) in [5, 5.41) is 19.2. The number of nitrogen functional groups attached to an aromatic ring is 1. The van der Waals surface area contributed by atoms with E-state index in [1.54, 1.807) is 6.07 Å². The van der Waals surface area contributed by atoms with Crippen molar-refractivity contribution in [3.05, 3.63) is 30.1 Å². The molecule has 0 bridgehead atoms. The first kappa shape index (κ1) is 15.9. The lowest BCUT2D eigenvalue weighted by molar-refractivity contribution is -0.143. The number of piperazine rings is 1. The molecule has 1 aliphatic rings. The van der Waals surface area contributed by atoms with Crippen molar-refractivity contribution in [2.45, 2.75) is 12.6 Å². The fourth-order valence-electron chi connectivity index (χ4n) is 2.84. The van der Waals surface area contributed by atoms with E-state index in [0.29, 0.717) is 17.9 Å². The van der Waals surface area contributed by atoms with Crippen molar-refractivity contribution in [3.63, 3.8) is 0 Å². The maximum Gasteiger partial charge on any atom is 0.408 e. The van der Waals surface area contributed by atoms with Crippen molar-refractivity contribution < 1.29 is 19.8 Å². The van der Waals surface area contributed by atoms with E-state index < -0.39 is 24.6 Å². The molecule has 4 N–H and O–H groups in total. The summed E-state index contributed by atoms with van der Waals surface area (Å²) in [5.74, 6) is -0.0218. The van der Waals surface area contributed by atoms with E-state index in [9.17, 15) is 14.7 Å².